The summed E-state index contributed by atoms with van der Waals surface area (Å²) in [6, 6.07) is 4.55. The second kappa shape index (κ2) is 7.83. The molecule has 0 bridgehead atoms. The molecule has 1 aromatic carbocycles. The molecule has 0 aromatic heterocycles. The molecule has 1 aliphatic heterocycles. The van der Waals surface area contributed by atoms with Gasteiger partial charge in [-0.1, -0.05) is 0 Å². The minimum atomic E-state index is -3.54. The van der Waals surface area contributed by atoms with Crippen LogP contribution in [0.25, 0.3) is 0 Å². The second-order valence-corrected chi connectivity index (χ2v) is 8.03. The highest BCUT2D eigenvalue weighted by atomic mass is 32.2. The van der Waals surface area contributed by atoms with Crippen LogP contribution in [0.4, 0.5) is 11.4 Å². The van der Waals surface area contributed by atoms with E-state index in [2.05, 4.69) is 20.7 Å². The van der Waals surface area contributed by atoms with E-state index >= 15 is 0 Å². The van der Waals surface area contributed by atoms with Crippen LogP contribution in [0.2, 0.25) is 0 Å². The summed E-state index contributed by atoms with van der Waals surface area (Å²) in [5.74, 6) is -0.667. The smallest absolute Gasteiger partial charge is 0.253 e. The zero-order chi connectivity index (χ0) is 18.6. The summed E-state index contributed by atoms with van der Waals surface area (Å²) in [7, 11) is -3.54. The Balaban J connectivity index is 2.29. The molecule has 8 nitrogen and oxygen atoms in total. The van der Waals surface area contributed by atoms with Crippen molar-refractivity contribution in [3.05, 3.63) is 23.8 Å². The largest absolute Gasteiger partial charge is 0.348 e. The van der Waals surface area contributed by atoms with E-state index in [-0.39, 0.29) is 35.1 Å². The molecule has 0 radical (unpaired) electrons. The van der Waals surface area contributed by atoms with Gasteiger partial charge in [-0.2, -0.15) is 0 Å². The van der Waals surface area contributed by atoms with E-state index in [9.17, 15) is 18.0 Å². The number of sulfonamides is 1. The number of piperidine rings is 1. The average Bonchev–Trinajstić information content (AvgIpc) is 2.49. The lowest BCUT2D eigenvalue weighted by molar-refractivity contribution is -0.114. The SMILES string of the molecule is CC(=O)Nc1ccc(NS(C)(=O)=O)c(C(=O)NC2CCCNC2C)c1. The van der Waals surface area contributed by atoms with Gasteiger partial charge in [0.15, 0.2) is 0 Å². The van der Waals surface area contributed by atoms with Gasteiger partial charge in [-0.25, -0.2) is 8.42 Å². The highest BCUT2D eigenvalue weighted by Gasteiger charge is 2.24. The minimum Gasteiger partial charge on any atom is -0.348 e. The first-order chi connectivity index (χ1) is 11.7. The Morgan fingerprint density at radius 2 is 2.00 bits per heavy atom. The van der Waals surface area contributed by atoms with Crippen molar-refractivity contribution in [2.75, 3.05) is 22.8 Å². The number of amides is 2. The highest BCUT2D eigenvalue weighted by molar-refractivity contribution is 7.92. The number of rotatable bonds is 5. The molecule has 2 atom stereocenters. The van der Waals surface area contributed by atoms with E-state index in [0.717, 1.165) is 25.6 Å². The molecule has 0 spiro atoms. The summed E-state index contributed by atoms with van der Waals surface area (Å²) >= 11 is 0. The van der Waals surface area contributed by atoms with E-state index in [4.69, 9.17) is 0 Å². The summed E-state index contributed by atoms with van der Waals surface area (Å²) in [6.45, 7) is 4.26. The van der Waals surface area contributed by atoms with Gasteiger partial charge in [0.2, 0.25) is 15.9 Å². The molecule has 1 aliphatic rings. The number of hydrogen-bond acceptors (Lipinski definition) is 5. The minimum absolute atomic E-state index is 0.0447. The molecule has 1 saturated heterocycles. The molecule has 2 unspecified atom stereocenters. The molecule has 0 saturated carbocycles. The molecular weight excluding hydrogens is 344 g/mol. The molecule has 0 aliphatic carbocycles. The van der Waals surface area contributed by atoms with E-state index in [1.54, 1.807) is 0 Å². The Morgan fingerprint density at radius 1 is 1.28 bits per heavy atom. The molecule has 9 heteroatoms. The number of nitrogens with one attached hydrogen (secondary N) is 4. The van der Waals surface area contributed by atoms with Gasteiger partial charge in [-0.05, 0) is 44.5 Å². The predicted octanol–water partition coefficient (Wildman–Crippen LogP) is 0.887. The van der Waals surface area contributed by atoms with Gasteiger partial charge in [0.05, 0.1) is 17.5 Å². The number of carbonyl (C=O) groups excluding carboxylic acids is 2. The summed E-state index contributed by atoms with van der Waals surface area (Å²) in [5, 5.41) is 8.83. The van der Waals surface area contributed by atoms with Crippen LogP contribution in [0.15, 0.2) is 18.2 Å². The first-order valence-corrected chi connectivity index (χ1v) is 9.98. The normalized spacial score (nSPS) is 20.6. The van der Waals surface area contributed by atoms with Crippen LogP contribution >= 0.6 is 0 Å². The van der Waals surface area contributed by atoms with Crippen molar-refractivity contribution in [2.45, 2.75) is 38.8 Å². The lowest BCUT2D eigenvalue weighted by Crippen LogP contribution is -2.52. The Morgan fingerprint density at radius 3 is 2.60 bits per heavy atom. The Labute approximate surface area is 147 Å². The fourth-order valence-electron chi connectivity index (χ4n) is 2.79. The van der Waals surface area contributed by atoms with Crippen LogP contribution in [-0.2, 0) is 14.8 Å². The van der Waals surface area contributed by atoms with Crippen molar-refractivity contribution in [3.63, 3.8) is 0 Å². The first-order valence-electron chi connectivity index (χ1n) is 8.09. The zero-order valence-electron chi connectivity index (χ0n) is 14.5. The molecule has 25 heavy (non-hydrogen) atoms. The molecule has 1 heterocycles. The third kappa shape index (κ3) is 5.71. The van der Waals surface area contributed by atoms with Crippen LogP contribution < -0.4 is 20.7 Å². The average molecular weight is 368 g/mol. The zero-order valence-corrected chi connectivity index (χ0v) is 15.4. The molecular formula is C16H24N4O4S. The molecule has 4 N–H and O–H groups in total. The van der Waals surface area contributed by atoms with Gasteiger partial charge in [0.25, 0.3) is 5.91 Å². The van der Waals surface area contributed by atoms with Crippen LogP contribution in [0, 0.1) is 0 Å². The van der Waals surface area contributed by atoms with Crippen molar-refractivity contribution in [3.8, 4) is 0 Å². The van der Waals surface area contributed by atoms with Crippen molar-refractivity contribution >= 4 is 33.2 Å². The molecule has 1 aromatic rings. The van der Waals surface area contributed by atoms with Gasteiger partial charge in [-0.15, -0.1) is 0 Å². The Kier molecular flexibility index (Phi) is 6.02. The van der Waals surface area contributed by atoms with E-state index < -0.39 is 10.0 Å². The molecule has 1 fully saturated rings. The fraction of sp³-hybridized carbons (Fsp3) is 0.500. The lowest BCUT2D eigenvalue weighted by atomic mass is 9.99. The van der Waals surface area contributed by atoms with E-state index in [1.165, 1.54) is 25.1 Å². The van der Waals surface area contributed by atoms with E-state index in [0.29, 0.717) is 5.69 Å². The van der Waals surface area contributed by atoms with Gasteiger partial charge >= 0.3 is 0 Å². The highest BCUT2D eigenvalue weighted by Crippen LogP contribution is 2.22. The first kappa shape index (κ1) is 19.2. The maximum atomic E-state index is 12.7. The van der Waals surface area contributed by atoms with Crippen LogP contribution in [0.5, 0.6) is 0 Å². The second-order valence-electron chi connectivity index (χ2n) is 6.28. The monoisotopic (exact) mass is 368 g/mol. The summed E-state index contributed by atoms with van der Waals surface area (Å²) in [5.41, 5.74) is 0.756. The molecule has 2 amide bonds. The third-order valence-electron chi connectivity index (χ3n) is 3.96. The predicted molar refractivity (Wildman–Crippen MR) is 97.2 cm³/mol. The topological polar surface area (TPSA) is 116 Å². The fourth-order valence-corrected chi connectivity index (χ4v) is 3.37. The molecule has 2 rings (SSSR count). The van der Waals surface area contributed by atoms with Crippen LogP contribution in [0.1, 0.15) is 37.0 Å². The quantitative estimate of drug-likeness (QED) is 0.616. The summed E-state index contributed by atoms with van der Waals surface area (Å²) in [4.78, 5) is 24.0. The Bertz CT molecular complexity index is 763. The van der Waals surface area contributed by atoms with Gasteiger partial charge in [-0.3, -0.25) is 14.3 Å². The van der Waals surface area contributed by atoms with Crippen molar-refractivity contribution in [1.82, 2.24) is 10.6 Å². The van der Waals surface area contributed by atoms with Gasteiger partial charge in [0.1, 0.15) is 0 Å². The number of anilines is 2. The van der Waals surface area contributed by atoms with Gasteiger partial charge < -0.3 is 16.0 Å². The van der Waals surface area contributed by atoms with Gasteiger partial charge in [0, 0.05) is 24.7 Å². The number of hydrogen-bond donors (Lipinski definition) is 4. The van der Waals surface area contributed by atoms with Crippen molar-refractivity contribution in [1.29, 1.82) is 0 Å². The van der Waals surface area contributed by atoms with Crippen molar-refractivity contribution < 1.29 is 18.0 Å². The van der Waals surface area contributed by atoms with Crippen LogP contribution in [-0.4, -0.2) is 45.1 Å². The summed E-state index contributed by atoms with van der Waals surface area (Å²) in [6.07, 6.45) is 2.82. The van der Waals surface area contributed by atoms with Crippen LogP contribution in [0.3, 0.4) is 0 Å². The Hall–Kier alpha value is -2.13. The van der Waals surface area contributed by atoms with Crippen molar-refractivity contribution in [2.24, 2.45) is 0 Å². The number of carbonyl (C=O) groups is 2. The van der Waals surface area contributed by atoms with E-state index in [1.807, 2.05) is 6.92 Å². The summed E-state index contributed by atoms with van der Waals surface area (Å²) < 4.78 is 25.5. The molecule has 138 valence electrons. The lowest BCUT2D eigenvalue weighted by Gasteiger charge is -2.30. The third-order valence-corrected chi connectivity index (χ3v) is 4.55. The standard InChI is InChI=1S/C16H24N4O4S/c1-10-14(5-4-8-17-10)19-16(22)13-9-12(18-11(2)21)6-7-15(13)20-25(3,23)24/h6-7,9-10,14,17,20H,4-5,8H2,1-3H3,(H,18,21)(H,19,22). The maximum Gasteiger partial charge on any atom is 0.253 e. The number of benzene rings is 1. The maximum absolute atomic E-state index is 12.7.